The van der Waals surface area contributed by atoms with Gasteiger partial charge in [-0.2, -0.15) is 4.37 Å². The summed E-state index contributed by atoms with van der Waals surface area (Å²) in [6.07, 6.45) is 1.14. The van der Waals surface area contributed by atoms with Crippen LogP contribution in [-0.4, -0.2) is 10.3 Å². The van der Waals surface area contributed by atoms with Crippen molar-refractivity contribution in [3.8, 4) is 0 Å². The summed E-state index contributed by atoms with van der Waals surface area (Å²) < 4.78 is 4.08. The highest BCUT2D eigenvalue weighted by atomic mass is 32.1. The lowest BCUT2D eigenvalue weighted by Gasteiger charge is -1.93. The quantitative estimate of drug-likeness (QED) is 0.731. The molecule has 1 rings (SSSR count). The fourth-order valence-corrected chi connectivity index (χ4v) is 1.55. The van der Waals surface area contributed by atoms with Crippen molar-refractivity contribution in [3.05, 3.63) is 16.6 Å². The Hall–Kier alpha value is -0.900. The van der Waals surface area contributed by atoms with E-state index >= 15 is 0 Å². The molecule has 0 spiro atoms. The molecular formula is C7H10N2OS. The van der Waals surface area contributed by atoms with Gasteiger partial charge in [-0.15, -0.1) is 0 Å². The third-order valence-corrected chi connectivity index (χ3v) is 2.26. The standard InChI is InChI=1S/C7H10N2OS/c1-5-6(4-11-9-5)2-3-7(8)10/h4H,2-3H2,1H3,(H2,8,10). The minimum absolute atomic E-state index is 0.254. The summed E-state index contributed by atoms with van der Waals surface area (Å²) >= 11 is 1.42. The molecule has 0 bridgehead atoms. The van der Waals surface area contributed by atoms with Crippen molar-refractivity contribution in [2.24, 2.45) is 5.73 Å². The van der Waals surface area contributed by atoms with E-state index in [9.17, 15) is 4.79 Å². The first-order chi connectivity index (χ1) is 5.20. The average molecular weight is 170 g/mol. The Morgan fingerprint density at radius 1 is 1.82 bits per heavy atom. The maximum absolute atomic E-state index is 10.4. The van der Waals surface area contributed by atoms with Gasteiger partial charge in [0.15, 0.2) is 0 Å². The molecule has 0 aliphatic carbocycles. The lowest BCUT2D eigenvalue weighted by atomic mass is 10.1. The number of nitrogens with two attached hydrogens (primary N) is 1. The Kier molecular flexibility index (Phi) is 2.59. The minimum Gasteiger partial charge on any atom is -0.370 e. The summed E-state index contributed by atoms with van der Waals surface area (Å²) in [6.45, 7) is 1.94. The zero-order valence-electron chi connectivity index (χ0n) is 6.33. The molecule has 60 valence electrons. The van der Waals surface area contributed by atoms with E-state index in [4.69, 9.17) is 5.73 Å². The number of amides is 1. The lowest BCUT2D eigenvalue weighted by Crippen LogP contribution is -2.11. The number of aryl methyl sites for hydroxylation is 2. The van der Waals surface area contributed by atoms with E-state index in [2.05, 4.69) is 4.37 Å². The number of hydrogen-bond acceptors (Lipinski definition) is 3. The predicted octanol–water partition coefficient (Wildman–Crippen LogP) is 0.869. The second-order valence-corrected chi connectivity index (χ2v) is 3.02. The van der Waals surface area contributed by atoms with E-state index in [-0.39, 0.29) is 5.91 Å². The molecule has 2 N–H and O–H groups in total. The Labute approximate surface area is 69.4 Å². The first-order valence-electron chi connectivity index (χ1n) is 3.38. The van der Waals surface area contributed by atoms with Crippen LogP contribution in [0, 0.1) is 6.92 Å². The fraction of sp³-hybridized carbons (Fsp3) is 0.429. The molecule has 0 unspecified atom stereocenters. The van der Waals surface area contributed by atoms with Crippen LogP contribution in [0.5, 0.6) is 0 Å². The van der Waals surface area contributed by atoms with Gasteiger partial charge >= 0.3 is 0 Å². The molecule has 1 heterocycles. The van der Waals surface area contributed by atoms with Crippen molar-refractivity contribution in [2.75, 3.05) is 0 Å². The molecule has 11 heavy (non-hydrogen) atoms. The Morgan fingerprint density at radius 2 is 2.55 bits per heavy atom. The van der Waals surface area contributed by atoms with Crippen LogP contribution in [0.4, 0.5) is 0 Å². The Balaban J connectivity index is 2.51. The van der Waals surface area contributed by atoms with Gasteiger partial charge in [0.05, 0.1) is 5.69 Å². The topological polar surface area (TPSA) is 56.0 Å². The molecule has 0 atom stereocenters. The highest BCUT2D eigenvalue weighted by Gasteiger charge is 2.01. The third kappa shape index (κ3) is 2.31. The van der Waals surface area contributed by atoms with Gasteiger partial charge in [-0.05, 0) is 30.4 Å². The van der Waals surface area contributed by atoms with E-state index in [0.29, 0.717) is 6.42 Å². The summed E-state index contributed by atoms with van der Waals surface area (Å²) in [5.41, 5.74) is 7.15. The van der Waals surface area contributed by atoms with Crippen LogP contribution in [0.15, 0.2) is 5.38 Å². The summed E-state index contributed by atoms with van der Waals surface area (Å²) in [4.78, 5) is 10.4. The SMILES string of the molecule is Cc1nscc1CCC(N)=O. The first kappa shape index (κ1) is 8.20. The number of aromatic nitrogens is 1. The zero-order valence-corrected chi connectivity index (χ0v) is 7.15. The maximum Gasteiger partial charge on any atom is 0.217 e. The van der Waals surface area contributed by atoms with E-state index in [1.165, 1.54) is 11.5 Å². The highest BCUT2D eigenvalue weighted by Crippen LogP contribution is 2.10. The van der Waals surface area contributed by atoms with Gasteiger partial charge in [-0.1, -0.05) is 0 Å². The number of carbonyl (C=O) groups excluding carboxylic acids is 1. The van der Waals surface area contributed by atoms with Crippen LogP contribution in [0.25, 0.3) is 0 Å². The Morgan fingerprint density at radius 3 is 3.00 bits per heavy atom. The Bertz CT molecular complexity index is 257. The monoisotopic (exact) mass is 170 g/mol. The minimum atomic E-state index is -0.254. The van der Waals surface area contributed by atoms with Gasteiger partial charge in [-0.25, -0.2) is 0 Å². The van der Waals surface area contributed by atoms with Gasteiger partial charge in [0, 0.05) is 11.8 Å². The molecule has 1 amide bonds. The summed E-state index contributed by atoms with van der Waals surface area (Å²) in [5, 5.41) is 1.96. The molecule has 4 heteroatoms. The molecule has 0 aliphatic heterocycles. The number of primary amides is 1. The molecule has 1 aromatic rings. The molecular weight excluding hydrogens is 160 g/mol. The molecule has 0 aromatic carbocycles. The van der Waals surface area contributed by atoms with Crippen LogP contribution < -0.4 is 5.73 Å². The number of carbonyl (C=O) groups is 1. The van der Waals surface area contributed by atoms with Gasteiger partial charge in [-0.3, -0.25) is 4.79 Å². The van der Waals surface area contributed by atoms with E-state index in [1.54, 1.807) is 0 Å². The second-order valence-electron chi connectivity index (χ2n) is 2.39. The van der Waals surface area contributed by atoms with E-state index in [1.807, 2.05) is 12.3 Å². The van der Waals surface area contributed by atoms with Crippen molar-refractivity contribution in [3.63, 3.8) is 0 Å². The number of nitrogens with zero attached hydrogens (tertiary/aromatic N) is 1. The molecule has 0 saturated heterocycles. The van der Waals surface area contributed by atoms with Crippen molar-refractivity contribution in [2.45, 2.75) is 19.8 Å². The number of hydrogen-bond donors (Lipinski definition) is 1. The van der Waals surface area contributed by atoms with Crippen LogP contribution in [0.1, 0.15) is 17.7 Å². The van der Waals surface area contributed by atoms with Crippen molar-refractivity contribution < 1.29 is 4.79 Å². The molecule has 0 saturated carbocycles. The largest absolute Gasteiger partial charge is 0.370 e. The zero-order chi connectivity index (χ0) is 8.27. The number of rotatable bonds is 3. The lowest BCUT2D eigenvalue weighted by molar-refractivity contribution is -0.117. The molecule has 1 aromatic heterocycles. The first-order valence-corrected chi connectivity index (χ1v) is 4.22. The summed E-state index contributed by atoms with van der Waals surface area (Å²) in [7, 11) is 0. The fourth-order valence-electron chi connectivity index (χ4n) is 0.811. The highest BCUT2D eigenvalue weighted by molar-refractivity contribution is 7.03. The van der Waals surface area contributed by atoms with E-state index in [0.717, 1.165) is 17.7 Å². The smallest absolute Gasteiger partial charge is 0.217 e. The molecule has 0 fully saturated rings. The maximum atomic E-state index is 10.4. The molecule has 0 aliphatic rings. The average Bonchev–Trinajstić information content (AvgIpc) is 2.31. The van der Waals surface area contributed by atoms with Gasteiger partial charge in [0.25, 0.3) is 0 Å². The van der Waals surface area contributed by atoms with Crippen LogP contribution in [-0.2, 0) is 11.2 Å². The van der Waals surface area contributed by atoms with Crippen LogP contribution in [0.3, 0.4) is 0 Å². The normalized spacial score (nSPS) is 9.91. The van der Waals surface area contributed by atoms with Crippen LogP contribution >= 0.6 is 11.5 Å². The van der Waals surface area contributed by atoms with Crippen molar-refractivity contribution in [1.29, 1.82) is 0 Å². The molecule has 0 radical (unpaired) electrons. The van der Waals surface area contributed by atoms with E-state index < -0.39 is 0 Å². The predicted molar refractivity (Wildman–Crippen MR) is 44.4 cm³/mol. The molecule has 3 nitrogen and oxygen atoms in total. The van der Waals surface area contributed by atoms with Gasteiger partial charge in [0.1, 0.15) is 0 Å². The second kappa shape index (κ2) is 3.48. The third-order valence-electron chi connectivity index (χ3n) is 1.49. The van der Waals surface area contributed by atoms with Crippen molar-refractivity contribution >= 4 is 17.4 Å². The van der Waals surface area contributed by atoms with Gasteiger partial charge < -0.3 is 5.73 Å². The van der Waals surface area contributed by atoms with Crippen LogP contribution in [0.2, 0.25) is 0 Å². The van der Waals surface area contributed by atoms with Crippen molar-refractivity contribution in [1.82, 2.24) is 4.37 Å². The van der Waals surface area contributed by atoms with Gasteiger partial charge in [0.2, 0.25) is 5.91 Å². The summed E-state index contributed by atoms with van der Waals surface area (Å²) in [6, 6.07) is 0. The summed E-state index contributed by atoms with van der Waals surface area (Å²) in [5.74, 6) is -0.254.